The third-order valence-corrected chi connectivity index (χ3v) is 1.94. The fourth-order valence-electron chi connectivity index (χ4n) is 1.32. The first kappa shape index (κ1) is 8.11. The van der Waals surface area contributed by atoms with Crippen LogP contribution in [0.1, 0.15) is 17.1 Å². The van der Waals surface area contributed by atoms with Gasteiger partial charge < -0.3 is 4.42 Å². The summed E-state index contributed by atoms with van der Waals surface area (Å²) in [7, 11) is 0. The minimum atomic E-state index is 0.852. The van der Waals surface area contributed by atoms with Gasteiger partial charge in [0.2, 0.25) is 0 Å². The van der Waals surface area contributed by atoms with Crippen molar-refractivity contribution in [3.63, 3.8) is 0 Å². The normalized spacial score (nSPS) is 10.2. The number of benzene rings is 1. The van der Waals surface area contributed by atoms with Crippen molar-refractivity contribution in [3.8, 4) is 0 Å². The Balaban J connectivity index is 2.15. The minimum Gasteiger partial charge on any atom is -0.465 e. The Kier molecular flexibility index (Phi) is 2.17. The summed E-state index contributed by atoms with van der Waals surface area (Å²) in [6.45, 7) is 1.91. The molecule has 1 aromatic heterocycles. The van der Waals surface area contributed by atoms with E-state index in [0.29, 0.717) is 0 Å². The minimum absolute atomic E-state index is 0.852. The predicted molar refractivity (Wildman–Crippen MR) is 51.5 cm³/mol. The van der Waals surface area contributed by atoms with Gasteiger partial charge in [-0.25, -0.2) is 0 Å². The van der Waals surface area contributed by atoms with Gasteiger partial charge in [0, 0.05) is 12.5 Å². The van der Waals surface area contributed by atoms with Gasteiger partial charge in [0.25, 0.3) is 0 Å². The lowest BCUT2D eigenvalue weighted by Gasteiger charge is -1.96. The Hall–Kier alpha value is -1.50. The van der Waals surface area contributed by atoms with E-state index in [4.69, 9.17) is 4.42 Å². The Morgan fingerprint density at radius 2 is 2.00 bits per heavy atom. The van der Waals surface area contributed by atoms with Gasteiger partial charge in [0.05, 0.1) is 0 Å². The SMILES string of the molecule is Cc1[c]cc(Cc2ccccc2)o1. The maximum atomic E-state index is 5.43. The fourth-order valence-corrected chi connectivity index (χ4v) is 1.32. The van der Waals surface area contributed by atoms with Crippen molar-refractivity contribution in [1.82, 2.24) is 0 Å². The van der Waals surface area contributed by atoms with Crippen LogP contribution in [0.3, 0.4) is 0 Å². The summed E-state index contributed by atoms with van der Waals surface area (Å²) in [5, 5.41) is 0. The highest BCUT2D eigenvalue weighted by molar-refractivity contribution is 5.20. The maximum absolute atomic E-state index is 5.43. The van der Waals surface area contributed by atoms with Gasteiger partial charge in [0.1, 0.15) is 11.5 Å². The van der Waals surface area contributed by atoms with Crippen LogP contribution in [0.2, 0.25) is 0 Å². The monoisotopic (exact) mass is 171 g/mol. The smallest absolute Gasteiger partial charge is 0.109 e. The molecule has 0 saturated carbocycles. The summed E-state index contributed by atoms with van der Waals surface area (Å²) in [5.41, 5.74) is 1.27. The van der Waals surface area contributed by atoms with Crippen molar-refractivity contribution in [2.75, 3.05) is 0 Å². The van der Waals surface area contributed by atoms with Crippen LogP contribution in [0, 0.1) is 13.0 Å². The molecule has 0 saturated heterocycles. The molecule has 1 aromatic carbocycles. The molecule has 2 rings (SSSR count). The lowest BCUT2D eigenvalue weighted by molar-refractivity contribution is 0.492. The zero-order chi connectivity index (χ0) is 9.10. The highest BCUT2D eigenvalue weighted by atomic mass is 16.3. The van der Waals surface area contributed by atoms with Crippen molar-refractivity contribution < 1.29 is 4.42 Å². The van der Waals surface area contributed by atoms with Gasteiger partial charge in [-0.05, 0) is 18.6 Å². The third-order valence-electron chi connectivity index (χ3n) is 1.94. The summed E-state index contributed by atoms with van der Waals surface area (Å²) in [6.07, 6.45) is 0.852. The Bertz CT molecular complexity index is 373. The molecular formula is C12H11O. The number of hydrogen-bond donors (Lipinski definition) is 0. The molecular weight excluding hydrogens is 160 g/mol. The molecule has 1 nitrogen and oxygen atoms in total. The van der Waals surface area contributed by atoms with Crippen molar-refractivity contribution >= 4 is 0 Å². The second-order valence-electron chi connectivity index (χ2n) is 3.08. The van der Waals surface area contributed by atoms with E-state index in [9.17, 15) is 0 Å². The second kappa shape index (κ2) is 3.48. The van der Waals surface area contributed by atoms with Crippen LogP contribution < -0.4 is 0 Å². The summed E-state index contributed by atoms with van der Waals surface area (Å²) < 4.78 is 5.43. The molecule has 0 unspecified atom stereocenters. The van der Waals surface area contributed by atoms with Gasteiger partial charge in [-0.15, -0.1) is 0 Å². The van der Waals surface area contributed by atoms with Crippen LogP contribution in [0.15, 0.2) is 40.8 Å². The Morgan fingerprint density at radius 3 is 2.62 bits per heavy atom. The predicted octanol–water partition coefficient (Wildman–Crippen LogP) is 2.98. The largest absolute Gasteiger partial charge is 0.465 e. The van der Waals surface area contributed by atoms with Crippen LogP contribution in [0.4, 0.5) is 0 Å². The van der Waals surface area contributed by atoms with E-state index in [1.807, 2.05) is 31.2 Å². The zero-order valence-corrected chi connectivity index (χ0v) is 7.58. The van der Waals surface area contributed by atoms with E-state index in [-0.39, 0.29) is 0 Å². The number of aryl methyl sites for hydroxylation is 1. The average Bonchev–Trinajstić information content (AvgIpc) is 2.53. The van der Waals surface area contributed by atoms with Crippen LogP contribution in [0.25, 0.3) is 0 Å². The van der Waals surface area contributed by atoms with Gasteiger partial charge in [-0.2, -0.15) is 0 Å². The molecule has 1 heterocycles. The number of hydrogen-bond acceptors (Lipinski definition) is 1. The van der Waals surface area contributed by atoms with Gasteiger partial charge in [0.15, 0.2) is 0 Å². The van der Waals surface area contributed by atoms with E-state index >= 15 is 0 Å². The summed E-state index contributed by atoms with van der Waals surface area (Å²) >= 11 is 0. The van der Waals surface area contributed by atoms with Crippen LogP contribution in [0.5, 0.6) is 0 Å². The van der Waals surface area contributed by atoms with Crippen molar-refractivity contribution in [2.45, 2.75) is 13.3 Å². The van der Waals surface area contributed by atoms with Crippen LogP contribution in [-0.4, -0.2) is 0 Å². The standard InChI is InChI=1S/C12H11O/c1-10-7-8-12(13-10)9-11-5-3-2-4-6-11/h2-6,8H,9H2,1H3. The van der Waals surface area contributed by atoms with Crippen molar-refractivity contribution in [2.24, 2.45) is 0 Å². The molecule has 1 heteroatoms. The second-order valence-corrected chi connectivity index (χ2v) is 3.08. The van der Waals surface area contributed by atoms with Gasteiger partial charge >= 0.3 is 0 Å². The third kappa shape index (κ3) is 2.00. The molecule has 0 aliphatic rings. The van der Waals surface area contributed by atoms with Gasteiger partial charge in [-0.3, -0.25) is 0 Å². The molecule has 0 aliphatic carbocycles. The molecule has 0 bridgehead atoms. The first-order chi connectivity index (χ1) is 6.34. The van der Waals surface area contributed by atoms with E-state index in [2.05, 4.69) is 18.2 Å². The lowest BCUT2D eigenvalue weighted by Crippen LogP contribution is -1.83. The molecule has 0 spiro atoms. The number of rotatable bonds is 2. The average molecular weight is 171 g/mol. The Morgan fingerprint density at radius 1 is 1.23 bits per heavy atom. The Labute approximate surface area is 78.0 Å². The fraction of sp³-hybridized carbons (Fsp3) is 0.167. The number of furan rings is 1. The zero-order valence-electron chi connectivity index (χ0n) is 7.58. The molecule has 0 N–H and O–H groups in total. The molecule has 0 aliphatic heterocycles. The molecule has 0 amide bonds. The van der Waals surface area contributed by atoms with E-state index < -0.39 is 0 Å². The topological polar surface area (TPSA) is 13.1 Å². The molecule has 13 heavy (non-hydrogen) atoms. The highest BCUT2D eigenvalue weighted by Crippen LogP contribution is 2.11. The molecule has 1 radical (unpaired) electrons. The van der Waals surface area contributed by atoms with Crippen molar-refractivity contribution in [1.29, 1.82) is 0 Å². The van der Waals surface area contributed by atoms with E-state index in [1.165, 1.54) is 5.56 Å². The molecule has 65 valence electrons. The quantitative estimate of drug-likeness (QED) is 0.677. The van der Waals surface area contributed by atoms with Crippen molar-refractivity contribution in [3.05, 3.63) is 59.5 Å². The molecule has 0 fully saturated rings. The summed E-state index contributed by atoms with van der Waals surface area (Å²) in [5.74, 6) is 1.83. The van der Waals surface area contributed by atoms with E-state index in [0.717, 1.165) is 17.9 Å². The van der Waals surface area contributed by atoms with Gasteiger partial charge in [-0.1, -0.05) is 30.3 Å². The maximum Gasteiger partial charge on any atom is 0.109 e. The van der Waals surface area contributed by atoms with E-state index in [1.54, 1.807) is 0 Å². The summed E-state index contributed by atoms with van der Waals surface area (Å²) in [4.78, 5) is 0. The van der Waals surface area contributed by atoms with Crippen LogP contribution in [-0.2, 0) is 6.42 Å². The lowest BCUT2D eigenvalue weighted by atomic mass is 10.1. The highest BCUT2D eigenvalue weighted by Gasteiger charge is 1.99. The molecule has 2 aromatic rings. The molecule has 0 atom stereocenters. The summed E-state index contributed by atoms with van der Waals surface area (Å²) in [6, 6.07) is 15.2. The first-order valence-electron chi connectivity index (χ1n) is 4.35. The first-order valence-corrected chi connectivity index (χ1v) is 4.35. The van der Waals surface area contributed by atoms with Crippen LogP contribution >= 0.6 is 0 Å².